The predicted octanol–water partition coefficient (Wildman–Crippen LogP) is 6.25. The van der Waals surface area contributed by atoms with Crippen LogP contribution in [0, 0.1) is 60.9 Å². The van der Waals surface area contributed by atoms with E-state index in [0.717, 1.165) is 17.5 Å². The number of aromatic hydroxyl groups is 1. The molecule has 7 nitrogen and oxygen atoms in total. The van der Waals surface area contributed by atoms with Gasteiger partial charge in [-0.25, -0.2) is 13.2 Å². The first kappa shape index (κ1) is 29.1. The van der Waals surface area contributed by atoms with E-state index in [1.54, 1.807) is 32.0 Å². The number of fused-ring (bicyclic) bond motifs is 1. The SMILES string of the molecule is Cc1cc(C=O)c(O)cc1F.Cc1cc(C=O)c(OCC#N)cc1F.Cc1cc2cc(C#N)oc2cc1F. The molecule has 194 valence electrons. The van der Waals surface area contributed by atoms with Crippen molar-refractivity contribution in [3.8, 4) is 23.6 Å². The van der Waals surface area contributed by atoms with Crippen molar-refractivity contribution in [3.05, 3.63) is 93.5 Å². The molecule has 4 rings (SSSR count). The van der Waals surface area contributed by atoms with Gasteiger partial charge in [0.25, 0.3) is 0 Å². The second kappa shape index (κ2) is 13.3. The third-order valence-electron chi connectivity index (χ3n) is 5.05. The molecule has 1 heterocycles. The molecule has 1 N–H and O–H groups in total. The lowest BCUT2D eigenvalue weighted by molar-refractivity contribution is 0.111. The predicted molar refractivity (Wildman–Crippen MR) is 131 cm³/mol. The lowest BCUT2D eigenvalue weighted by Crippen LogP contribution is -1.99. The maximum absolute atomic E-state index is 13.0. The molecule has 1 aromatic heterocycles. The molecule has 3 aromatic carbocycles. The molecule has 0 saturated heterocycles. The number of hydrogen-bond acceptors (Lipinski definition) is 7. The third-order valence-corrected chi connectivity index (χ3v) is 5.05. The molecule has 0 amide bonds. The Morgan fingerprint density at radius 2 is 1.39 bits per heavy atom. The Morgan fingerprint density at radius 1 is 0.842 bits per heavy atom. The van der Waals surface area contributed by atoms with Crippen LogP contribution in [0.1, 0.15) is 43.2 Å². The van der Waals surface area contributed by atoms with Crippen molar-refractivity contribution in [2.24, 2.45) is 0 Å². The van der Waals surface area contributed by atoms with Crippen LogP contribution in [0.3, 0.4) is 0 Å². The maximum atomic E-state index is 13.0. The Bertz CT molecular complexity index is 1530. The van der Waals surface area contributed by atoms with Crippen LogP contribution in [-0.2, 0) is 0 Å². The zero-order valence-corrected chi connectivity index (χ0v) is 20.5. The van der Waals surface area contributed by atoms with E-state index < -0.39 is 11.6 Å². The summed E-state index contributed by atoms with van der Waals surface area (Å²) in [6.45, 7) is 4.55. The molecule has 0 bridgehead atoms. The summed E-state index contributed by atoms with van der Waals surface area (Å²) in [5.41, 5.74) is 2.06. The molecule has 0 saturated carbocycles. The van der Waals surface area contributed by atoms with Crippen LogP contribution in [-0.4, -0.2) is 24.3 Å². The largest absolute Gasteiger partial charge is 0.507 e. The summed E-state index contributed by atoms with van der Waals surface area (Å²) in [6.07, 6.45) is 1.06. The normalized spacial score (nSPS) is 9.68. The maximum Gasteiger partial charge on any atom is 0.204 e. The van der Waals surface area contributed by atoms with E-state index in [4.69, 9.17) is 24.8 Å². The summed E-state index contributed by atoms with van der Waals surface area (Å²) in [5, 5.41) is 26.5. The highest BCUT2D eigenvalue weighted by Crippen LogP contribution is 2.23. The fourth-order valence-electron chi connectivity index (χ4n) is 3.03. The van der Waals surface area contributed by atoms with Crippen molar-refractivity contribution < 1.29 is 37.0 Å². The number of phenolic OH excluding ortho intramolecular Hbond substituents is 1. The van der Waals surface area contributed by atoms with Crippen LogP contribution in [0.5, 0.6) is 11.5 Å². The zero-order chi connectivity index (χ0) is 28.4. The fraction of sp³-hybridized carbons (Fsp3) is 0.143. The lowest BCUT2D eigenvalue weighted by atomic mass is 10.1. The summed E-state index contributed by atoms with van der Waals surface area (Å²) in [4.78, 5) is 20.8. The summed E-state index contributed by atoms with van der Waals surface area (Å²) >= 11 is 0. The van der Waals surface area contributed by atoms with Crippen molar-refractivity contribution in [2.75, 3.05) is 6.61 Å². The van der Waals surface area contributed by atoms with E-state index in [1.165, 1.54) is 25.1 Å². The molecule has 38 heavy (non-hydrogen) atoms. The van der Waals surface area contributed by atoms with Crippen LogP contribution >= 0.6 is 0 Å². The zero-order valence-electron chi connectivity index (χ0n) is 20.5. The second-order valence-electron chi connectivity index (χ2n) is 7.84. The molecule has 0 aliphatic carbocycles. The van der Waals surface area contributed by atoms with E-state index in [2.05, 4.69) is 0 Å². The number of furan rings is 1. The Hall–Kier alpha value is -5.09. The van der Waals surface area contributed by atoms with Crippen molar-refractivity contribution >= 4 is 23.5 Å². The van der Waals surface area contributed by atoms with Crippen LogP contribution in [0.15, 0.2) is 46.9 Å². The number of carbonyl (C=O) groups excluding carboxylic acids is 2. The molecule has 0 atom stereocenters. The molecule has 0 aliphatic rings. The average Bonchev–Trinajstić information content (AvgIpc) is 3.29. The van der Waals surface area contributed by atoms with E-state index in [1.807, 2.05) is 6.07 Å². The summed E-state index contributed by atoms with van der Waals surface area (Å²) in [5.74, 6) is -1.28. The van der Waals surface area contributed by atoms with Gasteiger partial charge in [-0.05, 0) is 55.7 Å². The Balaban J connectivity index is 0.000000202. The van der Waals surface area contributed by atoms with Gasteiger partial charge in [-0.2, -0.15) is 10.5 Å². The molecule has 0 unspecified atom stereocenters. The van der Waals surface area contributed by atoms with Gasteiger partial charge in [0.15, 0.2) is 19.2 Å². The van der Waals surface area contributed by atoms with Gasteiger partial charge in [0.05, 0.1) is 11.1 Å². The van der Waals surface area contributed by atoms with E-state index in [-0.39, 0.29) is 40.8 Å². The van der Waals surface area contributed by atoms with Gasteiger partial charge >= 0.3 is 0 Å². The molecule has 0 radical (unpaired) electrons. The molecule has 0 spiro atoms. The first-order valence-electron chi connectivity index (χ1n) is 10.8. The number of halogens is 3. The minimum absolute atomic E-state index is 0.102. The highest BCUT2D eigenvalue weighted by Gasteiger charge is 2.08. The van der Waals surface area contributed by atoms with Crippen molar-refractivity contribution in [2.45, 2.75) is 20.8 Å². The molecular weight excluding hydrogens is 501 g/mol. The first-order chi connectivity index (χ1) is 18.0. The topological polar surface area (TPSA) is 124 Å². The molecular formula is C28H21F3N2O5. The molecule has 10 heteroatoms. The molecule has 4 aromatic rings. The third kappa shape index (κ3) is 7.45. The van der Waals surface area contributed by atoms with E-state index in [0.29, 0.717) is 34.8 Å². The van der Waals surface area contributed by atoms with Crippen molar-refractivity contribution in [1.82, 2.24) is 0 Å². The quantitative estimate of drug-likeness (QED) is 0.314. The summed E-state index contributed by atoms with van der Waals surface area (Å²) in [7, 11) is 0. The second-order valence-corrected chi connectivity index (χ2v) is 7.84. The highest BCUT2D eigenvalue weighted by atomic mass is 19.1. The number of hydrogen-bond donors (Lipinski definition) is 1. The fourth-order valence-corrected chi connectivity index (χ4v) is 3.03. The molecule has 0 fully saturated rings. The van der Waals surface area contributed by atoms with Crippen LogP contribution in [0.25, 0.3) is 11.0 Å². The monoisotopic (exact) mass is 522 g/mol. The number of benzene rings is 3. The van der Waals surface area contributed by atoms with Crippen LogP contribution in [0.2, 0.25) is 0 Å². The number of nitrogens with zero attached hydrogens (tertiary/aromatic N) is 2. The standard InChI is InChI=1S/C10H8FNO2.C10H6FNO.C8H7FO2/c1-7-4-8(6-13)10(5-9(7)11)14-3-2-12;1-6-2-7-3-8(5-12)13-10(7)4-9(6)11;1-5-2-6(4-10)8(11)3-7(5)9/h4-6H,3H2,1H3;2-4H,1H3;2-4,11H,1H3. The van der Waals surface area contributed by atoms with Gasteiger partial charge in [0.1, 0.15) is 46.7 Å². The summed E-state index contributed by atoms with van der Waals surface area (Å²) < 4.78 is 48.6. The van der Waals surface area contributed by atoms with Gasteiger partial charge in [-0.15, -0.1) is 0 Å². The number of carbonyl (C=O) groups is 2. The average molecular weight is 522 g/mol. The van der Waals surface area contributed by atoms with E-state index >= 15 is 0 Å². The highest BCUT2D eigenvalue weighted by molar-refractivity contribution is 5.80. The van der Waals surface area contributed by atoms with Crippen LogP contribution in [0.4, 0.5) is 13.2 Å². The van der Waals surface area contributed by atoms with Crippen molar-refractivity contribution in [1.29, 1.82) is 10.5 Å². The number of aryl methyl sites for hydroxylation is 3. The lowest BCUT2D eigenvalue weighted by Gasteiger charge is -2.06. The summed E-state index contributed by atoms with van der Waals surface area (Å²) in [6, 6.07) is 12.9. The number of nitriles is 2. The first-order valence-corrected chi connectivity index (χ1v) is 10.8. The van der Waals surface area contributed by atoms with Crippen LogP contribution < -0.4 is 4.74 Å². The van der Waals surface area contributed by atoms with Gasteiger partial charge < -0.3 is 14.3 Å². The number of rotatable bonds is 4. The smallest absolute Gasteiger partial charge is 0.204 e. The molecule has 0 aliphatic heterocycles. The van der Waals surface area contributed by atoms with Gasteiger partial charge in [0.2, 0.25) is 5.76 Å². The van der Waals surface area contributed by atoms with Gasteiger partial charge in [-0.1, -0.05) is 0 Å². The van der Waals surface area contributed by atoms with E-state index in [9.17, 15) is 22.8 Å². The van der Waals surface area contributed by atoms with Crippen molar-refractivity contribution in [3.63, 3.8) is 0 Å². The Labute approximate surface area is 215 Å². The number of phenols is 1. The van der Waals surface area contributed by atoms with Gasteiger partial charge in [0, 0.05) is 29.7 Å². The Kier molecular flexibility index (Phi) is 10.2. The number of aldehydes is 2. The minimum Gasteiger partial charge on any atom is -0.507 e. The Morgan fingerprint density at radius 3 is 1.97 bits per heavy atom. The van der Waals surface area contributed by atoms with Gasteiger partial charge in [-0.3, -0.25) is 9.59 Å². The minimum atomic E-state index is -0.506. The number of ether oxygens (including phenoxy) is 1.